The maximum absolute atomic E-state index is 12.4. The van der Waals surface area contributed by atoms with Crippen LogP contribution in [0.15, 0.2) is 45.6 Å². The van der Waals surface area contributed by atoms with Crippen molar-refractivity contribution in [1.29, 1.82) is 0 Å². The fraction of sp³-hybridized carbons (Fsp3) is 0.158. The van der Waals surface area contributed by atoms with Gasteiger partial charge in [-0.2, -0.15) is 0 Å². The van der Waals surface area contributed by atoms with Gasteiger partial charge in [0.05, 0.1) is 0 Å². The third-order valence-corrected chi connectivity index (χ3v) is 4.83. The van der Waals surface area contributed by atoms with Crippen molar-refractivity contribution in [3.8, 4) is 16.9 Å². The molecule has 134 valence electrons. The zero-order valence-electron chi connectivity index (χ0n) is 13.8. The molecule has 7 heteroatoms. The van der Waals surface area contributed by atoms with Crippen molar-refractivity contribution in [3.63, 3.8) is 0 Å². The Balaban J connectivity index is 2.47. The lowest BCUT2D eigenvalue weighted by Gasteiger charge is -2.14. The molecular formula is C19H13BrCl2O4. The monoisotopic (exact) mass is 454 g/mol. The average molecular weight is 456 g/mol. The Morgan fingerprint density at radius 2 is 1.96 bits per heavy atom. The molecule has 0 fully saturated rings. The normalized spacial score (nSPS) is 12.2. The molecule has 0 saturated carbocycles. The zero-order chi connectivity index (χ0) is 19.0. The Bertz CT molecular complexity index is 1070. The number of carbonyl (C=O) groups excluding carboxylic acids is 1. The number of hydrogen-bond acceptors (Lipinski definition) is 4. The summed E-state index contributed by atoms with van der Waals surface area (Å²) >= 11 is 15.9. The number of fused-ring (bicyclic) bond motifs is 1. The van der Waals surface area contributed by atoms with Crippen molar-refractivity contribution in [1.82, 2.24) is 0 Å². The molecule has 3 rings (SSSR count). The zero-order valence-corrected chi connectivity index (χ0v) is 16.9. The first-order chi connectivity index (χ1) is 12.3. The van der Waals surface area contributed by atoms with Crippen LogP contribution in [0, 0.1) is 0 Å². The first-order valence-electron chi connectivity index (χ1n) is 7.66. The van der Waals surface area contributed by atoms with Crippen molar-refractivity contribution in [2.24, 2.45) is 0 Å². The van der Waals surface area contributed by atoms with Gasteiger partial charge in [0.1, 0.15) is 5.58 Å². The predicted octanol–water partition coefficient (Wildman–Crippen LogP) is 6.15. The molecule has 2 aromatic carbocycles. The Morgan fingerprint density at radius 3 is 2.58 bits per heavy atom. The molecule has 26 heavy (non-hydrogen) atoms. The van der Waals surface area contributed by atoms with Crippen LogP contribution in [-0.4, -0.2) is 5.97 Å². The van der Waals surface area contributed by atoms with Gasteiger partial charge in [-0.3, -0.25) is 4.79 Å². The van der Waals surface area contributed by atoms with Crippen LogP contribution in [-0.2, 0) is 4.79 Å². The molecule has 0 aliphatic rings. The molecule has 0 aliphatic heterocycles. The summed E-state index contributed by atoms with van der Waals surface area (Å²) < 4.78 is 10.5. The highest BCUT2D eigenvalue weighted by Gasteiger charge is 2.21. The van der Waals surface area contributed by atoms with Crippen molar-refractivity contribution in [3.05, 3.63) is 62.4 Å². The van der Waals surface area contributed by atoms with E-state index in [0.29, 0.717) is 32.1 Å². The summed E-state index contributed by atoms with van der Waals surface area (Å²) in [4.78, 5) is 23.9. The van der Waals surface area contributed by atoms with E-state index in [-0.39, 0.29) is 10.6 Å². The fourth-order valence-corrected chi connectivity index (χ4v) is 3.71. The van der Waals surface area contributed by atoms with Gasteiger partial charge in [0.25, 0.3) is 0 Å². The highest BCUT2D eigenvalue weighted by Crippen LogP contribution is 2.40. The van der Waals surface area contributed by atoms with Crippen LogP contribution >= 0.6 is 39.1 Å². The summed E-state index contributed by atoms with van der Waals surface area (Å²) in [7, 11) is 0. The number of benzene rings is 2. The van der Waals surface area contributed by atoms with Crippen LogP contribution in [0.3, 0.4) is 0 Å². The van der Waals surface area contributed by atoms with E-state index in [1.54, 1.807) is 30.3 Å². The molecule has 1 heterocycles. The SMILES string of the molecule is CC(=O)Oc1c(-c2cccc(Cl)c2)c2cc(C(C)Br)c(Cl)cc2oc1=O. The molecule has 0 saturated heterocycles. The quantitative estimate of drug-likeness (QED) is 0.270. The van der Waals surface area contributed by atoms with Gasteiger partial charge in [-0.1, -0.05) is 51.3 Å². The van der Waals surface area contributed by atoms with E-state index in [0.717, 1.165) is 5.56 Å². The summed E-state index contributed by atoms with van der Waals surface area (Å²) in [5, 5.41) is 1.54. The molecule has 1 atom stereocenters. The van der Waals surface area contributed by atoms with Crippen molar-refractivity contribution in [2.45, 2.75) is 18.7 Å². The minimum atomic E-state index is -0.765. The van der Waals surface area contributed by atoms with E-state index in [2.05, 4.69) is 15.9 Å². The van der Waals surface area contributed by atoms with E-state index in [1.165, 1.54) is 6.92 Å². The molecule has 4 nitrogen and oxygen atoms in total. The number of hydrogen-bond donors (Lipinski definition) is 0. The lowest BCUT2D eigenvalue weighted by molar-refractivity contribution is -0.132. The van der Waals surface area contributed by atoms with Gasteiger partial charge in [-0.25, -0.2) is 4.79 Å². The largest absolute Gasteiger partial charge is 0.420 e. The number of halogens is 3. The maximum Gasteiger partial charge on any atom is 0.380 e. The molecule has 1 aromatic heterocycles. The summed E-state index contributed by atoms with van der Waals surface area (Å²) in [5.74, 6) is -0.800. The molecule has 1 unspecified atom stereocenters. The second-order valence-corrected chi connectivity index (χ2v) is 7.90. The minimum Gasteiger partial charge on any atom is -0.420 e. The molecule has 3 aromatic rings. The Kier molecular flexibility index (Phi) is 5.42. The topological polar surface area (TPSA) is 56.5 Å². The van der Waals surface area contributed by atoms with Gasteiger partial charge in [0.2, 0.25) is 5.75 Å². The Morgan fingerprint density at radius 1 is 1.23 bits per heavy atom. The average Bonchev–Trinajstić information content (AvgIpc) is 2.54. The minimum absolute atomic E-state index is 0.0317. The smallest absolute Gasteiger partial charge is 0.380 e. The van der Waals surface area contributed by atoms with Crippen molar-refractivity contribution in [2.75, 3.05) is 0 Å². The molecule has 0 N–H and O–H groups in total. The van der Waals surface area contributed by atoms with Gasteiger partial charge < -0.3 is 9.15 Å². The van der Waals surface area contributed by atoms with Crippen LogP contribution in [0.1, 0.15) is 24.2 Å². The van der Waals surface area contributed by atoms with E-state index < -0.39 is 11.6 Å². The Labute approximate surface area is 167 Å². The first-order valence-corrected chi connectivity index (χ1v) is 9.33. The second-order valence-electron chi connectivity index (χ2n) is 5.68. The highest BCUT2D eigenvalue weighted by molar-refractivity contribution is 9.09. The summed E-state index contributed by atoms with van der Waals surface area (Å²) in [5.41, 5.74) is 1.40. The summed E-state index contributed by atoms with van der Waals surface area (Å²) in [6.45, 7) is 3.15. The molecule has 0 aliphatic carbocycles. The van der Waals surface area contributed by atoms with Gasteiger partial charge >= 0.3 is 11.6 Å². The van der Waals surface area contributed by atoms with E-state index in [1.807, 2.05) is 13.0 Å². The number of carbonyl (C=O) groups is 1. The van der Waals surface area contributed by atoms with E-state index >= 15 is 0 Å². The molecule has 0 spiro atoms. The van der Waals surface area contributed by atoms with Gasteiger partial charge in [-0.15, -0.1) is 0 Å². The number of rotatable bonds is 3. The molecule has 0 radical (unpaired) electrons. The Hall–Kier alpha value is -1.82. The lowest BCUT2D eigenvalue weighted by atomic mass is 9.99. The molecule has 0 amide bonds. The number of ether oxygens (including phenoxy) is 1. The van der Waals surface area contributed by atoms with Gasteiger partial charge in [0.15, 0.2) is 0 Å². The van der Waals surface area contributed by atoms with Crippen molar-refractivity contribution >= 4 is 56.1 Å². The molecular weight excluding hydrogens is 443 g/mol. The van der Waals surface area contributed by atoms with Crippen molar-refractivity contribution < 1.29 is 13.9 Å². The summed E-state index contributed by atoms with van der Waals surface area (Å²) in [6.07, 6.45) is 0. The molecule has 0 bridgehead atoms. The van der Waals surface area contributed by atoms with E-state index in [4.69, 9.17) is 32.4 Å². The first kappa shape index (κ1) is 19.0. The van der Waals surface area contributed by atoms with Crippen LogP contribution in [0.5, 0.6) is 5.75 Å². The van der Waals surface area contributed by atoms with Gasteiger partial charge in [0, 0.05) is 38.8 Å². The fourth-order valence-electron chi connectivity index (χ4n) is 2.69. The number of alkyl halides is 1. The van der Waals surface area contributed by atoms with Crippen LogP contribution in [0.4, 0.5) is 0 Å². The maximum atomic E-state index is 12.4. The standard InChI is InChI=1S/C19H13BrCl2O4/c1-9(20)13-7-14-16(8-15(13)22)26-19(24)18(25-10(2)23)17(14)11-4-3-5-12(21)6-11/h3-9H,1-2H3. The van der Waals surface area contributed by atoms with Gasteiger partial charge in [-0.05, 0) is 36.2 Å². The highest BCUT2D eigenvalue weighted by atomic mass is 79.9. The number of esters is 1. The predicted molar refractivity (Wildman–Crippen MR) is 107 cm³/mol. The van der Waals surface area contributed by atoms with Crippen LogP contribution in [0.2, 0.25) is 10.0 Å². The third-order valence-electron chi connectivity index (χ3n) is 3.77. The summed E-state index contributed by atoms with van der Waals surface area (Å²) in [6, 6.07) is 10.3. The van der Waals surface area contributed by atoms with E-state index in [9.17, 15) is 9.59 Å². The lowest BCUT2D eigenvalue weighted by Crippen LogP contribution is -2.13. The third kappa shape index (κ3) is 3.65. The second kappa shape index (κ2) is 7.43. The van der Waals surface area contributed by atoms with Crippen LogP contribution in [0.25, 0.3) is 22.1 Å². The van der Waals surface area contributed by atoms with Crippen LogP contribution < -0.4 is 10.4 Å².